The molecular formula is C13H20N4O2S. The molecule has 0 saturated carbocycles. The zero-order valence-electron chi connectivity index (χ0n) is 11.9. The van der Waals surface area contributed by atoms with Crippen LogP contribution in [-0.2, 0) is 10.0 Å². The number of sulfonamides is 1. The second-order valence-electron chi connectivity index (χ2n) is 5.89. The van der Waals surface area contributed by atoms with Gasteiger partial charge in [-0.1, -0.05) is 0 Å². The van der Waals surface area contributed by atoms with Gasteiger partial charge in [-0.05, 0) is 31.7 Å². The second-order valence-corrected chi connectivity index (χ2v) is 7.80. The molecule has 0 unspecified atom stereocenters. The Kier molecular flexibility index (Phi) is 3.21. The lowest BCUT2D eigenvalue weighted by Gasteiger charge is -2.33. The van der Waals surface area contributed by atoms with Gasteiger partial charge in [0.1, 0.15) is 0 Å². The second kappa shape index (κ2) is 4.66. The largest absolute Gasteiger partial charge is 0.339 e. The molecule has 110 valence electrons. The average molecular weight is 296 g/mol. The molecule has 2 saturated heterocycles. The SMILES string of the molecule is Cc1cnc(N2CC[C@]3(CCCN3S(C)(=O)=O)C2)nc1. The fourth-order valence-corrected chi connectivity index (χ4v) is 4.82. The molecule has 1 atom stereocenters. The van der Waals surface area contributed by atoms with Crippen molar-refractivity contribution in [2.75, 3.05) is 30.8 Å². The van der Waals surface area contributed by atoms with E-state index in [1.807, 2.05) is 6.92 Å². The average Bonchev–Trinajstić information content (AvgIpc) is 2.98. The number of rotatable bonds is 2. The van der Waals surface area contributed by atoms with Gasteiger partial charge in [-0.15, -0.1) is 0 Å². The highest BCUT2D eigenvalue weighted by molar-refractivity contribution is 7.88. The van der Waals surface area contributed by atoms with Crippen LogP contribution in [0.25, 0.3) is 0 Å². The normalized spacial score (nSPS) is 27.6. The van der Waals surface area contributed by atoms with E-state index in [9.17, 15) is 8.42 Å². The van der Waals surface area contributed by atoms with Crippen molar-refractivity contribution in [3.05, 3.63) is 18.0 Å². The van der Waals surface area contributed by atoms with Crippen LogP contribution >= 0.6 is 0 Å². The summed E-state index contributed by atoms with van der Waals surface area (Å²) in [5, 5.41) is 0. The quantitative estimate of drug-likeness (QED) is 0.807. The fraction of sp³-hybridized carbons (Fsp3) is 0.692. The van der Waals surface area contributed by atoms with Gasteiger partial charge in [-0.25, -0.2) is 18.4 Å². The van der Waals surface area contributed by atoms with Gasteiger partial charge in [-0.3, -0.25) is 0 Å². The van der Waals surface area contributed by atoms with Crippen molar-refractivity contribution >= 4 is 16.0 Å². The number of hydrogen-bond acceptors (Lipinski definition) is 5. The Morgan fingerprint density at radius 3 is 2.55 bits per heavy atom. The van der Waals surface area contributed by atoms with Crippen molar-refractivity contribution in [3.8, 4) is 0 Å². The van der Waals surface area contributed by atoms with E-state index in [2.05, 4.69) is 14.9 Å². The van der Waals surface area contributed by atoms with E-state index in [0.29, 0.717) is 19.0 Å². The Morgan fingerprint density at radius 2 is 1.90 bits per heavy atom. The first kappa shape index (κ1) is 13.8. The van der Waals surface area contributed by atoms with Crippen LogP contribution in [0.3, 0.4) is 0 Å². The maximum absolute atomic E-state index is 12.0. The minimum Gasteiger partial charge on any atom is -0.339 e. The smallest absolute Gasteiger partial charge is 0.225 e. The minimum atomic E-state index is -3.14. The molecule has 7 heteroatoms. The number of aryl methyl sites for hydroxylation is 1. The molecule has 2 fully saturated rings. The Balaban J connectivity index is 1.84. The van der Waals surface area contributed by atoms with Gasteiger partial charge in [-0.2, -0.15) is 4.31 Å². The van der Waals surface area contributed by atoms with Crippen LogP contribution in [0.15, 0.2) is 12.4 Å². The van der Waals surface area contributed by atoms with Crippen molar-refractivity contribution < 1.29 is 8.42 Å². The molecular weight excluding hydrogens is 276 g/mol. The van der Waals surface area contributed by atoms with Gasteiger partial charge in [0.15, 0.2) is 0 Å². The molecule has 0 radical (unpaired) electrons. The van der Waals surface area contributed by atoms with Crippen LogP contribution in [0.4, 0.5) is 5.95 Å². The van der Waals surface area contributed by atoms with Crippen LogP contribution in [-0.4, -0.2) is 54.1 Å². The van der Waals surface area contributed by atoms with E-state index in [0.717, 1.165) is 31.4 Å². The van der Waals surface area contributed by atoms with E-state index < -0.39 is 10.0 Å². The van der Waals surface area contributed by atoms with Crippen molar-refractivity contribution in [1.29, 1.82) is 0 Å². The summed E-state index contributed by atoms with van der Waals surface area (Å²) in [6.07, 6.45) is 7.65. The maximum atomic E-state index is 12.0. The molecule has 20 heavy (non-hydrogen) atoms. The standard InChI is InChI=1S/C13H20N4O2S/c1-11-8-14-12(15-9-11)16-7-5-13(10-16)4-3-6-17(13)20(2,18)19/h8-9H,3-7,10H2,1-2H3/t13-/m1/s1. The van der Waals surface area contributed by atoms with Gasteiger partial charge in [0.2, 0.25) is 16.0 Å². The highest BCUT2D eigenvalue weighted by atomic mass is 32.2. The molecule has 0 aliphatic carbocycles. The molecule has 0 aromatic carbocycles. The van der Waals surface area contributed by atoms with Crippen molar-refractivity contribution in [2.45, 2.75) is 31.7 Å². The molecule has 0 amide bonds. The molecule has 0 N–H and O–H groups in total. The van der Waals surface area contributed by atoms with Gasteiger partial charge >= 0.3 is 0 Å². The Hall–Kier alpha value is -1.21. The first-order chi connectivity index (χ1) is 9.41. The zero-order chi connectivity index (χ0) is 14.4. The van der Waals surface area contributed by atoms with Crippen LogP contribution in [0.5, 0.6) is 0 Å². The summed E-state index contributed by atoms with van der Waals surface area (Å²) < 4.78 is 25.6. The Bertz CT molecular complexity index is 601. The van der Waals surface area contributed by atoms with E-state index in [1.54, 1.807) is 16.7 Å². The fourth-order valence-electron chi connectivity index (χ4n) is 3.42. The minimum absolute atomic E-state index is 0.248. The molecule has 3 heterocycles. The number of anilines is 1. The first-order valence-corrected chi connectivity index (χ1v) is 8.77. The van der Waals surface area contributed by atoms with E-state index in [4.69, 9.17) is 0 Å². The highest BCUT2D eigenvalue weighted by Crippen LogP contribution is 2.39. The van der Waals surface area contributed by atoms with Crippen molar-refractivity contribution in [3.63, 3.8) is 0 Å². The summed E-state index contributed by atoms with van der Waals surface area (Å²) in [5.74, 6) is 0.702. The van der Waals surface area contributed by atoms with Crippen LogP contribution in [0, 0.1) is 6.92 Å². The van der Waals surface area contributed by atoms with Gasteiger partial charge in [0.25, 0.3) is 0 Å². The number of hydrogen-bond donors (Lipinski definition) is 0. The Morgan fingerprint density at radius 1 is 1.20 bits per heavy atom. The highest BCUT2D eigenvalue weighted by Gasteiger charge is 2.50. The van der Waals surface area contributed by atoms with Crippen molar-refractivity contribution in [2.24, 2.45) is 0 Å². The summed E-state index contributed by atoms with van der Waals surface area (Å²) in [6.45, 7) is 4.11. The molecule has 3 rings (SSSR count). The molecule has 1 spiro atoms. The predicted molar refractivity (Wildman–Crippen MR) is 77.1 cm³/mol. The lowest BCUT2D eigenvalue weighted by atomic mass is 9.97. The summed E-state index contributed by atoms with van der Waals surface area (Å²) in [7, 11) is -3.14. The van der Waals surface area contributed by atoms with Gasteiger partial charge in [0.05, 0.1) is 11.8 Å². The van der Waals surface area contributed by atoms with Gasteiger partial charge < -0.3 is 4.90 Å². The van der Waals surface area contributed by atoms with E-state index >= 15 is 0 Å². The lowest BCUT2D eigenvalue weighted by molar-refractivity contribution is 0.269. The molecule has 2 aliphatic rings. The van der Waals surface area contributed by atoms with E-state index in [1.165, 1.54) is 6.26 Å². The molecule has 1 aromatic heterocycles. The third-order valence-electron chi connectivity index (χ3n) is 4.32. The summed E-state index contributed by atoms with van der Waals surface area (Å²) in [5.41, 5.74) is 0.781. The molecule has 0 bridgehead atoms. The van der Waals surface area contributed by atoms with Gasteiger partial charge in [0, 0.05) is 32.0 Å². The molecule has 6 nitrogen and oxygen atoms in total. The van der Waals surface area contributed by atoms with Crippen molar-refractivity contribution in [1.82, 2.24) is 14.3 Å². The Labute approximate surface area is 119 Å². The summed E-state index contributed by atoms with van der Waals surface area (Å²) in [6, 6.07) is 0. The molecule has 1 aromatic rings. The topological polar surface area (TPSA) is 66.4 Å². The van der Waals surface area contributed by atoms with Crippen LogP contribution < -0.4 is 4.90 Å². The third kappa shape index (κ3) is 2.29. The van der Waals surface area contributed by atoms with Crippen LogP contribution in [0.1, 0.15) is 24.8 Å². The maximum Gasteiger partial charge on any atom is 0.225 e. The zero-order valence-corrected chi connectivity index (χ0v) is 12.7. The third-order valence-corrected chi connectivity index (χ3v) is 5.69. The lowest BCUT2D eigenvalue weighted by Crippen LogP contribution is -2.48. The number of aromatic nitrogens is 2. The van der Waals surface area contributed by atoms with Crippen LogP contribution in [0.2, 0.25) is 0 Å². The summed E-state index contributed by atoms with van der Waals surface area (Å²) in [4.78, 5) is 10.8. The summed E-state index contributed by atoms with van der Waals surface area (Å²) >= 11 is 0. The van der Waals surface area contributed by atoms with E-state index in [-0.39, 0.29) is 5.54 Å². The monoisotopic (exact) mass is 296 g/mol. The predicted octanol–water partition coefficient (Wildman–Crippen LogP) is 0.789. The first-order valence-electron chi connectivity index (χ1n) is 6.92. The number of nitrogens with zero attached hydrogens (tertiary/aromatic N) is 4. The molecule has 2 aliphatic heterocycles.